The Bertz CT molecular complexity index is 2070. The molecule has 6 rings (SSSR count). The summed E-state index contributed by atoms with van der Waals surface area (Å²) in [5.74, 6) is -1.05. The maximum absolute atomic E-state index is 11.4. The van der Waals surface area contributed by atoms with E-state index >= 15 is 0 Å². The summed E-state index contributed by atoms with van der Waals surface area (Å²) in [5, 5.41) is 81.9. The van der Waals surface area contributed by atoms with Crippen molar-refractivity contribution in [2.45, 2.75) is 38.5 Å². The zero-order valence-corrected chi connectivity index (χ0v) is 28.0. The summed E-state index contributed by atoms with van der Waals surface area (Å²) in [7, 11) is 0. The second-order valence-electron chi connectivity index (χ2n) is 12.6. The molecule has 0 aromatic heterocycles. The molecule has 0 heterocycles. The van der Waals surface area contributed by atoms with E-state index < -0.39 is 17.2 Å². The van der Waals surface area contributed by atoms with Crippen LogP contribution in [0.1, 0.15) is 33.4 Å². The molecule has 10 nitrogen and oxygen atoms in total. The van der Waals surface area contributed by atoms with Crippen LogP contribution in [-0.4, -0.2) is 40.9 Å². The lowest BCUT2D eigenvalue weighted by Gasteiger charge is -2.16. The molecule has 0 aliphatic carbocycles. The predicted molar refractivity (Wildman–Crippen MR) is 194 cm³/mol. The van der Waals surface area contributed by atoms with Crippen LogP contribution in [0, 0.1) is 0 Å². The summed E-state index contributed by atoms with van der Waals surface area (Å²) in [6, 6.07) is 29.3. The van der Waals surface area contributed by atoms with Crippen LogP contribution in [0.2, 0.25) is 0 Å². The predicted octanol–water partition coefficient (Wildman–Crippen LogP) is 8.27. The summed E-state index contributed by atoms with van der Waals surface area (Å²) in [4.78, 5) is 0. The molecule has 6 aromatic carbocycles. The van der Waals surface area contributed by atoms with Gasteiger partial charge in [0, 0.05) is 12.1 Å². The van der Waals surface area contributed by atoms with E-state index in [1.807, 2.05) is 12.1 Å². The summed E-state index contributed by atoms with van der Waals surface area (Å²) in [6.45, 7) is 0. The van der Waals surface area contributed by atoms with E-state index in [0.29, 0.717) is 49.7 Å². The zero-order chi connectivity index (χ0) is 36.8. The molecule has 52 heavy (non-hydrogen) atoms. The third-order valence-corrected chi connectivity index (χ3v) is 8.52. The van der Waals surface area contributed by atoms with Gasteiger partial charge in [-0.25, -0.2) is 0 Å². The minimum absolute atomic E-state index is 0.0256. The average Bonchev–Trinajstić information content (AvgIpc) is 3.09. The van der Waals surface area contributed by atoms with Gasteiger partial charge in [0.25, 0.3) is 0 Å². The summed E-state index contributed by atoms with van der Waals surface area (Å²) in [5.41, 5.74) is 4.54. The molecular weight excluding hydrogens is 664 g/mol. The molecule has 8 N–H and O–H groups in total. The second kappa shape index (κ2) is 15.5. The molecule has 0 unspecified atom stereocenters. The van der Waals surface area contributed by atoms with E-state index in [9.17, 15) is 40.9 Å². The largest absolute Gasteiger partial charge is 0.508 e. The molecule has 0 aliphatic rings. The molecule has 0 radical (unpaired) electrons. The minimum atomic E-state index is -0.612. The van der Waals surface area contributed by atoms with Crippen LogP contribution in [0.25, 0.3) is 0 Å². The molecule has 0 saturated heterocycles. The highest BCUT2D eigenvalue weighted by Gasteiger charge is 2.17. The number of benzene rings is 6. The lowest BCUT2D eigenvalue weighted by atomic mass is 10.0. The summed E-state index contributed by atoms with van der Waals surface area (Å²) in [6.07, 6.45) is 2.91. The maximum atomic E-state index is 11.4. The summed E-state index contributed by atoms with van der Waals surface area (Å²) >= 11 is 0. The molecule has 0 amide bonds. The van der Waals surface area contributed by atoms with Crippen molar-refractivity contribution >= 4 is 0 Å². The van der Waals surface area contributed by atoms with Crippen molar-refractivity contribution in [2.24, 2.45) is 0 Å². The minimum Gasteiger partial charge on any atom is -0.508 e. The van der Waals surface area contributed by atoms with Crippen molar-refractivity contribution in [3.8, 4) is 69.0 Å². The van der Waals surface area contributed by atoms with Gasteiger partial charge in [-0.15, -0.1) is 0 Å². The van der Waals surface area contributed by atoms with E-state index in [4.69, 9.17) is 9.47 Å². The van der Waals surface area contributed by atoms with Gasteiger partial charge in [-0.3, -0.25) is 0 Å². The SMILES string of the molecule is Oc1cccc(CCc2cc(O)cc(Oc3cc(CCc4cc(O)c(O)c(O)c4)cc(Oc4cc(O)cc(CCc5cccc(O)c5)c4)c3O)c2)c1. The Labute approximate surface area is 299 Å². The number of phenolic OH excluding ortho intramolecular Hbond substituents is 8. The standard InChI is InChI=1S/C42H38O10/c43-31-5-1-3-25(13-31)7-9-27-15-33(45)23-35(17-27)51-39-21-30(12-11-29-19-37(47)41(49)38(48)20-29)22-40(42(39)50)52-36-18-28(16-34(46)24-36)10-8-26-4-2-6-32(44)14-26/h1-6,13-24,43-50H,7-12H2. The van der Waals surface area contributed by atoms with Gasteiger partial charge >= 0.3 is 0 Å². The van der Waals surface area contributed by atoms with Gasteiger partial charge in [0.2, 0.25) is 5.75 Å². The number of hydrogen-bond acceptors (Lipinski definition) is 10. The molecule has 266 valence electrons. The molecule has 10 heteroatoms. The smallest absolute Gasteiger partial charge is 0.202 e. The Kier molecular flexibility index (Phi) is 10.5. The lowest BCUT2D eigenvalue weighted by Crippen LogP contribution is -1.97. The molecule has 0 spiro atoms. The van der Waals surface area contributed by atoms with Gasteiger partial charge < -0.3 is 50.3 Å². The fraction of sp³-hybridized carbons (Fsp3) is 0.143. The molecule has 0 saturated carbocycles. The molecule has 0 atom stereocenters. The Morgan fingerprint density at radius 2 is 0.692 bits per heavy atom. The number of aryl methyl sites for hydroxylation is 6. The van der Waals surface area contributed by atoms with Gasteiger partial charge in [-0.2, -0.15) is 0 Å². The molecule has 0 bridgehead atoms. The van der Waals surface area contributed by atoms with E-state index in [0.717, 1.165) is 22.3 Å². The fourth-order valence-electron chi connectivity index (χ4n) is 5.98. The average molecular weight is 703 g/mol. The van der Waals surface area contributed by atoms with Crippen molar-refractivity contribution in [3.63, 3.8) is 0 Å². The quantitative estimate of drug-likeness (QED) is 0.0546. The first-order valence-corrected chi connectivity index (χ1v) is 16.6. The number of hydrogen-bond donors (Lipinski definition) is 8. The number of phenols is 8. The third-order valence-electron chi connectivity index (χ3n) is 8.52. The van der Waals surface area contributed by atoms with Crippen LogP contribution in [0.3, 0.4) is 0 Å². The molecule has 0 aliphatic heterocycles. The van der Waals surface area contributed by atoms with Crippen LogP contribution in [0.15, 0.2) is 109 Å². The highest BCUT2D eigenvalue weighted by atomic mass is 16.5. The maximum Gasteiger partial charge on any atom is 0.202 e. The molecule has 0 fully saturated rings. The van der Waals surface area contributed by atoms with Gasteiger partial charge in [0.05, 0.1) is 0 Å². The number of aromatic hydroxyl groups is 8. The van der Waals surface area contributed by atoms with Crippen molar-refractivity contribution in [3.05, 3.63) is 143 Å². The fourth-order valence-corrected chi connectivity index (χ4v) is 5.98. The second-order valence-corrected chi connectivity index (χ2v) is 12.6. The van der Waals surface area contributed by atoms with Crippen molar-refractivity contribution < 1.29 is 50.3 Å². The van der Waals surface area contributed by atoms with Crippen LogP contribution in [-0.2, 0) is 38.5 Å². The zero-order valence-electron chi connectivity index (χ0n) is 28.0. The normalized spacial score (nSPS) is 11.0. The van der Waals surface area contributed by atoms with E-state index in [2.05, 4.69) is 0 Å². The first-order valence-electron chi connectivity index (χ1n) is 16.6. The number of ether oxygens (including phenoxy) is 2. The number of rotatable bonds is 13. The van der Waals surface area contributed by atoms with Gasteiger partial charge in [0.15, 0.2) is 28.7 Å². The topological polar surface area (TPSA) is 180 Å². The van der Waals surface area contributed by atoms with Crippen LogP contribution >= 0.6 is 0 Å². The van der Waals surface area contributed by atoms with Crippen LogP contribution in [0.5, 0.6) is 69.0 Å². The van der Waals surface area contributed by atoms with Crippen LogP contribution in [0.4, 0.5) is 0 Å². The third kappa shape index (κ3) is 9.10. The Balaban J connectivity index is 1.28. The van der Waals surface area contributed by atoms with E-state index in [1.54, 1.807) is 72.8 Å². The van der Waals surface area contributed by atoms with E-state index in [-0.39, 0.29) is 51.7 Å². The Morgan fingerprint density at radius 3 is 1.12 bits per heavy atom. The van der Waals surface area contributed by atoms with Crippen LogP contribution < -0.4 is 9.47 Å². The summed E-state index contributed by atoms with van der Waals surface area (Å²) < 4.78 is 12.3. The monoisotopic (exact) mass is 702 g/mol. The highest BCUT2D eigenvalue weighted by Crippen LogP contribution is 2.44. The first-order chi connectivity index (χ1) is 25.0. The van der Waals surface area contributed by atoms with Crippen molar-refractivity contribution in [1.82, 2.24) is 0 Å². The first kappa shape index (κ1) is 35.2. The van der Waals surface area contributed by atoms with E-state index in [1.165, 1.54) is 24.3 Å². The van der Waals surface area contributed by atoms with Crippen molar-refractivity contribution in [1.29, 1.82) is 0 Å². The van der Waals surface area contributed by atoms with Gasteiger partial charge in [-0.1, -0.05) is 24.3 Å². The Morgan fingerprint density at radius 1 is 0.327 bits per heavy atom. The van der Waals surface area contributed by atoms with Gasteiger partial charge in [-0.05, 0) is 145 Å². The Hall–Kier alpha value is -6.68. The highest BCUT2D eigenvalue weighted by molar-refractivity contribution is 5.57. The lowest BCUT2D eigenvalue weighted by molar-refractivity contribution is 0.367. The molecular formula is C42H38O10. The molecule has 6 aromatic rings. The van der Waals surface area contributed by atoms with Crippen molar-refractivity contribution in [2.75, 3.05) is 0 Å². The van der Waals surface area contributed by atoms with Gasteiger partial charge in [0.1, 0.15) is 34.5 Å².